The lowest BCUT2D eigenvalue weighted by Gasteiger charge is -2.01. The van der Waals surface area contributed by atoms with E-state index in [1.807, 2.05) is 12.1 Å². The minimum atomic E-state index is 0.563. The molecule has 0 aliphatic heterocycles. The van der Waals surface area contributed by atoms with Gasteiger partial charge in [-0.25, -0.2) is 10.8 Å². The first-order valence-electron chi connectivity index (χ1n) is 5.37. The first kappa shape index (κ1) is 9.86. The zero-order chi connectivity index (χ0) is 11.7. The third-order valence-electron chi connectivity index (χ3n) is 2.77. The highest BCUT2D eigenvalue weighted by molar-refractivity contribution is 5.86. The van der Waals surface area contributed by atoms with Crippen LogP contribution in [-0.4, -0.2) is 9.97 Å². The van der Waals surface area contributed by atoms with Crippen LogP contribution >= 0.6 is 0 Å². The van der Waals surface area contributed by atoms with Crippen molar-refractivity contribution in [2.45, 2.75) is 0 Å². The molecule has 0 saturated heterocycles. The van der Waals surface area contributed by atoms with Crippen LogP contribution in [0.4, 0.5) is 5.95 Å². The second-order valence-corrected chi connectivity index (χ2v) is 3.85. The summed E-state index contributed by atoms with van der Waals surface area (Å²) in [4.78, 5) is 7.20. The normalized spacial score (nSPS) is 10.6. The molecule has 0 radical (unpaired) electrons. The van der Waals surface area contributed by atoms with Gasteiger partial charge in [-0.3, -0.25) is 5.43 Å². The predicted octanol–water partition coefficient (Wildman–Crippen LogP) is 2.52. The minimum absolute atomic E-state index is 0.563. The molecule has 0 bridgehead atoms. The van der Waals surface area contributed by atoms with Crippen LogP contribution in [0.25, 0.3) is 22.0 Å². The van der Waals surface area contributed by atoms with Gasteiger partial charge in [0.05, 0.1) is 11.9 Å². The van der Waals surface area contributed by atoms with Crippen molar-refractivity contribution >= 4 is 16.7 Å². The fourth-order valence-electron chi connectivity index (χ4n) is 1.90. The van der Waals surface area contributed by atoms with Crippen LogP contribution < -0.4 is 11.3 Å². The number of nitrogens with one attached hydrogen (secondary N) is 2. The number of nitrogens with two attached hydrogens (primary N) is 1. The number of nitrogens with zero attached hydrogens (tertiary/aromatic N) is 1. The van der Waals surface area contributed by atoms with E-state index in [0.29, 0.717) is 5.95 Å². The molecule has 1 heterocycles. The maximum absolute atomic E-state index is 5.29. The lowest BCUT2D eigenvalue weighted by Crippen LogP contribution is -2.07. The first-order chi connectivity index (χ1) is 8.36. The van der Waals surface area contributed by atoms with Gasteiger partial charge in [0.1, 0.15) is 0 Å². The van der Waals surface area contributed by atoms with Crippen LogP contribution in [0.15, 0.2) is 48.7 Å². The third-order valence-corrected chi connectivity index (χ3v) is 2.77. The maximum Gasteiger partial charge on any atom is 0.215 e. The number of benzene rings is 2. The molecule has 0 aliphatic carbocycles. The lowest BCUT2D eigenvalue weighted by atomic mass is 10.1. The molecule has 4 heteroatoms. The zero-order valence-electron chi connectivity index (χ0n) is 9.14. The molecular weight excluding hydrogens is 212 g/mol. The number of anilines is 1. The van der Waals surface area contributed by atoms with Crippen LogP contribution in [0.5, 0.6) is 0 Å². The number of imidazole rings is 1. The maximum atomic E-state index is 5.29. The fourth-order valence-corrected chi connectivity index (χ4v) is 1.90. The molecule has 0 fully saturated rings. The fraction of sp³-hybridized carbons (Fsp3) is 0. The van der Waals surface area contributed by atoms with Crippen molar-refractivity contribution in [3.63, 3.8) is 0 Å². The smallest absolute Gasteiger partial charge is 0.215 e. The predicted molar refractivity (Wildman–Crippen MR) is 69.3 cm³/mol. The minimum Gasteiger partial charge on any atom is -0.323 e. The van der Waals surface area contributed by atoms with Crippen molar-refractivity contribution in [2.75, 3.05) is 5.43 Å². The highest BCUT2D eigenvalue weighted by Crippen LogP contribution is 2.23. The summed E-state index contributed by atoms with van der Waals surface area (Å²) >= 11 is 0. The lowest BCUT2D eigenvalue weighted by molar-refractivity contribution is 1.20. The second-order valence-electron chi connectivity index (χ2n) is 3.85. The molecule has 0 aliphatic rings. The highest BCUT2D eigenvalue weighted by Gasteiger charge is 2.02. The van der Waals surface area contributed by atoms with Crippen molar-refractivity contribution in [3.8, 4) is 11.3 Å². The molecular formula is C13H12N4. The Morgan fingerprint density at radius 2 is 1.88 bits per heavy atom. The van der Waals surface area contributed by atoms with E-state index in [4.69, 9.17) is 5.84 Å². The quantitative estimate of drug-likeness (QED) is 0.463. The molecule has 0 atom stereocenters. The standard InChI is InChI=1S/C13H12N4/c14-17-13-15-8-12(16-13)11-6-5-9-3-1-2-4-10(9)7-11/h1-8H,14H2,(H2,15,16,17). The van der Waals surface area contributed by atoms with Gasteiger partial charge in [-0.15, -0.1) is 0 Å². The molecule has 0 spiro atoms. The van der Waals surface area contributed by atoms with Gasteiger partial charge in [-0.1, -0.05) is 36.4 Å². The zero-order valence-corrected chi connectivity index (χ0v) is 9.14. The van der Waals surface area contributed by atoms with E-state index in [0.717, 1.165) is 11.3 Å². The van der Waals surface area contributed by atoms with Gasteiger partial charge in [0.2, 0.25) is 5.95 Å². The number of hydrogen-bond donors (Lipinski definition) is 3. The van der Waals surface area contributed by atoms with Crippen molar-refractivity contribution in [1.82, 2.24) is 9.97 Å². The molecule has 0 unspecified atom stereocenters. The number of hydrogen-bond acceptors (Lipinski definition) is 3. The van der Waals surface area contributed by atoms with Crippen LogP contribution in [0, 0.1) is 0 Å². The number of aromatic nitrogens is 2. The van der Waals surface area contributed by atoms with Gasteiger partial charge in [-0.2, -0.15) is 0 Å². The largest absolute Gasteiger partial charge is 0.323 e. The van der Waals surface area contributed by atoms with E-state index in [1.54, 1.807) is 6.20 Å². The summed E-state index contributed by atoms with van der Waals surface area (Å²) < 4.78 is 0. The van der Waals surface area contributed by atoms with Crippen LogP contribution in [0.1, 0.15) is 0 Å². The van der Waals surface area contributed by atoms with Gasteiger partial charge >= 0.3 is 0 Å². The molecule has 2 aromatic carbocycles. The number of fused-ring (bicyclic) bond motifs is 1. The summed E-state index contributed by atoms with van der Waals surface area (Å²) in [5.74, 6) is 5.85. The number of hydrazine groups is 1. The molecule has 3 aromatic rings. The summed E-state index contributed by atoms with van der Waals surface area (Å²) in [6.07, 6.45) is 1.76. The van der Waals surface area contributed by atoms with E-state index in [1.165, 1.54) is 10.8 Å². The molecule has 84 valence electrons. The van der Waals surface area contributed by atoms with Gasteiger partial charge in [0.15, 0.2) is 0 Å². The first-order valence-corrected chi connectivity index (χ1v) is 5.37. The van der Waals surface area contributed by atoms with E-state index >= 15 is 0 Å². The summed E-state index contributed by atoms with van der Waals surface area (Å²) in [6, 6.07) is 14.6. The molecule has 0 amide bonds. The Hall–Kier alpha value is -2.33. The molecule has 3 rings (SSSR count). The number of H-pyrrole nitrogens is 1. The van der Waals surface area contributed by atoms with Gasteiger partial charge in [0, 0.05) is 5.56 Å². The monoisotopic (exact) mass is 224 g/mol. The number of rotatable bonds is 2. The Kier molecular flexibility index (Phi) is 2.27. The average molecular weight is 224 g/mol. The van der Waals surface area contributed by atoms with Crippen LogP contribution in [-0.2, 0) is 0 Å². The number of aromatic amines is 1. The van der Waals surface area contributed by atoms with Crippen molar-refractivity contribution in [1.29, 1.82) is 0 Å². The SMILES string of the molecule is NNc1ncc(-c2ccc3ccccc3c2)[nH]1. The Balaban J connectivity index is 2.11. The van der Waals surface area contributed by atoms with Crippen molar-refractivity contribution in [2.24, 2.45) is 5.84 Å². The highest BCUT2D eigenvalue weighted by atomic mass is 15.3. The molecule has 4 nitrogen and oxygen atoms in total. The summed E-state index contributed by atoms with van der Waals surface area (Å²) in [5.41, 5.74) is 4.53. The van der Waals surface area contributed by atoms with Crippen molar-refractivity contribution < 1.29 is 0 Å². The molecule has 1 aromatic heterocycles. The van der Waals surface area contributed by atoms with E-state index in [2.05, 4.69) is 45.7 Å². The summed E-state index contributed by atoms with van der Waals surface area (Å²) in [5, 5.41) is 2.44. The topological polar surface area (TPSA) is 66.7 Å². The molecule has 4 N–H and O–H groups in total. The van der Waals surface area contributed by atoms with Crippen LogP contribution in [0.3, 0.4) is 0 Å². The Bertz CT molecular complexity index is 657. The van der Waals surface area contributed by atoms with Gasteiger partial charge in [-0.05, 0) is 16.8 Å². The molecule has 17 heavy (non-hydrogen) atoms. The van der Waals surface area contributed by atoms with E-state index < -0.39 is 0 Å². The van der Waals surface area contributed by atoms with Crippen molar-refractivity contribution in [3.05, 3.63) is 48.7 Å². The second kappa shape index (κ2) is 3.92. The summed E-state index contributed by atoms with van der Waals surface area (Å²) in [6.45, 7) is 0. The van der Waals surface area contributed by atoms with Gasteiger partial charge < -0.3 is 4.98 Å². The summed E-state index contributed by atoms with van der Waals surface area (Å²) in [7, 11) is 0. The number of nitrogen functional groups attached to an aromatic ring is 1. The third kappa shape index (κ3) is 1.74. The van der Waals surface area contributed by atoms with E-state index in [9.17, 15) is 0 Å². The molecule has 0 saturated carbocycles. The van der Waals surface area contributed by atoms with E-state index in [-0.39, 0.29) is 0 Å². The average Bonchev–Trinajstić information content (AvgIpc) is 2.87. The Labute approximate surface area is 98.5 Å². The Morgan fingerprint density at radius 1 is 1.06 bits per heavy atom. The van der Waals surface area contributed by atoms with Crippen LogP contribution in [0.2, 0.25) is 0 Å². The van der Waals surface area contributed by atoms with Gasteiger partial charge in [0.25, 0.3) is 0 Å². The Morgan fingerprint density at radius 3 is 2.65 bits per heavy atom.